The van der Waals surface area contributed by atoms with E-state index >= 15 is 0 Å². The topological polar surface area (TPSA) is 0 Å². The molecule has 15 heteroatoms. The molecule has 0 saturated heterocycles. The summed E-state index contributed by atoms with van der Waals surface area (Å²) in [7, 11) is -13.4. The number of rotatable bonds is 14. The smallest absolute Gasteiger partial charge is 0.418 e. The Balaban J connectivity index is 0.000000241. The SMILES string of the molecule is F[B-](F)(F)F.F[B-](F)(F)F.[Rh+2].c1ccc(P(CCP(c2ccccc2)c2ccccc2)c2ccccc2)cc1.c1ccc(P(CCP(c2ccccc2)c2ccccc2)c2ccccc2)cc1. The molecule has 0 aliphatic heterocycles. The molecule has 8 aromatic carbocycles. The van der Waals surface area contributed by atoms with Crippen LogP contribution in [-0.4, -0.2) is 39.2 Å². The first kappa shape index (κ1) is 55.3. The van der Waals surface area contributed by atoms with Crippen molar-refractivity contribution in [1.82, 2.24) is 0 Å². The molecule has 0 amide bonds. The molecule has 8 rings (SSSR count). The minimum atomic E-state index is -6.00. The van der Waals surface area contributed by atoms with Crippen molar-refractivity contribution in [3.05, 3.63) is 243 Å². The summed E-state index contributed by atoms with van der Waals surface area (Å²) in [5.41, 5.74) is 0. The summed E-state index contributed by atoms with van der Waals surface area (Å²) in [6.45, 7) is 0. The zero-order chi connectivity index (χ0) is 47.0. The summed E-state index contributed by atoms with van der Waals surface area (Å²) in [6, 6.07) is 88.4. The molecule has 8 aromatic rings. The Hall–Kier alpha value is -4.33. The average molecular weight is 1070 g/mol. The van der Waals surface area contributed by atoms with E-state index < -0.39 is 14.5 Å². The Morgan fingerprint density at radius 2 is 0.299 bits per heavy atom. The quantitative estimate of drug-likeness (QED) is 0.0578. The van der Waals surface area contributed by atoms with Crippen LogP contribution in [0.25, 0.3) is 0 Å². The molecule has 1 radical (unpaired) electrons. The van der Waals surface area contributed by atoms with E-state index in [0.717, 1.165) is 0 Å². The third-order valence-corrected chi connectivity index (χ3v) is 20.4. The van der Waals surface area contributed by atoms with E-state index in [2.05, 4.69) is 243 Å². The van der Waals surface area contributed by atoms with Crippen molar-refractivity contribution in [1.29, 1.82) is 0 Å². The van der Waals surface area contributed by atoms with E-state index in [1.54, 1.807) is 0 Å². The Labute approximate surface area is 407 Å². The van der Waals surface area contributed by atoms with Crippen molar-refractivity contribution in [2.24, 2.45) is 0 Å². The van der Waals surface area contributed by atoms with Crippen LogP contribution >= 0.6 is 31.7 Å². The molecule has 0 spiro atoms. The molecule has 0 heterocycles. The van der Waals surface area contributed by atoms with Gasteiger partial charge in [-0.05, 0) is 98.8 Å². The van der Waals surface area contributed by atoms with Crippen LogP contribution in [0.15, 0.2) is 243 Å². The number of halogens is 8. The zero-order valence-electron chi connectivity index (χ0n) is 36.2. The Kier molecular flexibility index (Phi) is 24.4. The first-order chi connectivity index (χ1) is 31.8. The van der Waals surface area contributed by atoms with Gasteiger partial charge in [-0.15, -0.1) is 0 Å². The molecule has 0 atom stereocenters. The molecule has 0 unspecified atom stereocenters. The Morgan fingerprint density at radius 1 is 0.209 bits per heavy atom. The molecule has 347 valence electrons. The minimum Gasteiger partial charge on any atom is -0.418 e. The van der Waals surface area contributed by atoms with Crippen LogP contribution in [0.3, 0.4) is 0 Å². The second-order valence-corrected chi connectivity index (χ2v) is 23.6. The van der Waals surface area contributed by atoms with E-state index in [-0.39, 0.29) is 51.2 Å². The van der Waals surface area contributed by atoms with Crippen LogP contribution in [0.1, 0.15) is 0 Å². The van der Waals surface area contributed by atoms with Gasteiger partial charge in [-0.3, -0.25) is 0 Å². The molecule has 0 nitrogen and oxygen atoms in total. The van der Waals surface area contributed by atoms with Crippen LogP contribution in [-0.2, 0) is 19.5 Å². The molecule has 0 bridgehead atoms. The van der Waals surface area contributed by atoms with Gasteiger partial charge < -0.3 is 34.5 Å². The van der Waals surface area contributed by atoms with Crippen molar-refractivity contribution in [2.45, 2.75) is 0 Å². The van der Waals surface area contributed by atoms with Gasteiger partial charge in [-0.1, -0.05) is 243 Å². The summed E-state index contributed by atoms with van der Waals surface area (Å²) in [4.78, 5) is 0. The molecule has 0 aromatic heterocycles. The fourth-order valence-corrected chi connectivity index (χ4v) is 17.6. The van der Waals surface area contributed by atoms with Crippen molar-refractivity contribution in [2.75, 3.05) is 24.6 Å². The fraction of sp³-hybridized carbons (Fsp3) is 0.0769. The summed E-state index contributed by atoms with van der Waals surface area (Å²) >= 11 is 0. The van der Waals surface area contributed by atoms with Gasteiger partial charge in [0.05, 0.1) is 0 Å². The summed E-state index contributed by atoms with van der Waals surface area (Å²) < 4.78 is 78.0. The van der Waals surface area contributed by atoms with Gasteiger partial charge in [0.25, 0.3) is 0 Å². The van der Waals surface area contributed by atoms with Crippen molar-refractivity contribution in [3.63, 3.8) is 0 Å². The van der Waals surface area contributed by atoms with Crippen molar-refractivity contribution >= 4 is 88.6 Å². The number of hydrogen-bond donors (Lipinski definition) is 0. The van der Waals surface area contributed by atoms with E-state index in [1.807, 2.05) is 0 Å². The Morgan fingerprint density at radius 3 is 0.388 bits per heavy atom. The van der Waals surface area contributed by atoms with Crippen molar-refractivity contribution < 1.29 is 54.0 Å². The second-order valence-electron chi connectivity index (χ2n) is 14.3. The van der Waals surface area contributed by atoms with E-state index in [4.69, 9.17) is 0 Å². The van der Waals surface area contributed by atoms with E-state index in [1.165, 1.54) is 67.1 Å². The standard InChI is InChI=1S/2C26H24P2.2BF4.Rh/c2*1-5-13-23(14-6-1)27(24-15-7-2-8-16-24)21-22-28(25-17-9-3-10-18-25)26-19-11-4-12-20-26;2*2-1(3,4)5;/h2*1-20H,21-22H2;;;/q;;2*-1;+2. The first-order valence-corrected chi connectivity index (χ1v) is 27.2. The maximum Gasteiger partial charge on any atom is 2.00 e. The Bertz CT molecular complexity index is 1980. The van der Waals surface area contributed by atoms with Gasteiger partial charge >= 0.3 is 34.0 Å². The normalized spacial score (nSPS) is 11.0. The molecule has 0 saturated carbocycles. The fourth-order valence-electron chi connectivity index (χ4n) is 6.89. The van der Waals surface area contributed by atoms with Crippen molar-refractivity contribution in [3.8, 4) is 0 Å². The van der Waals surface area contributed by atoms with E-state index in [9.17, 15) is 34.5 Å². The predicted octanol–water partition coefficient (Wildman–Crippen LogP) is 13.1. The van der Waals surface area contributed by atoms with Crippen LogP contribution in [0.5, 0.6) is 0 Å². The third-order valence-electron chi connectivity index (χ3n) is 9.64. The predicted molar refractivity (Wildman–Crippen MR) is 276 cm³/mol. The van der Waals surface area contributed by atoms with Gasteiger partial charge in [-0.25, -0.2) is 0 Å². The second kappa shape index (κ2) is 29.5. The van der Waals surface area contributed by atoms with Gasteiger partial charge in [0.1, 0.15) is 0 Å². The van der Waals surface area contributed by atoms with Crippen LogP contribution < -0.4 is 42.4 Å². The first-order valence-electron chi connectivity index (χ1n) is 21.1. The maximum absolute atomic E-state index is 9.75. The molecule has 0 N–H and O–H groups in total. The molecular weight excluding hydrogens is 1020 g/mol. The largest absolute Gasteiger partial charge is 2.00 e. The maximum atomic E-state index is 9.75. The third kappa shape index (κ3) is 21.2. The summed E-state index contributed by atoms with van der Waals surface area (Å²) in [5, 5.41) is 11.8. The molecular formula is C52H48B2F8P4Rh. The molecule has 0 aliphatic rings. The minimum absolute atomic E-state index is 0. The summed E-state index contributed by atoms with van der Waals surface area (Å²) in [5.74, 6) is 0. The number of hydrogen-bond acceptors (Lipinski definition) is 0. The average Bonchev–Trinajstić information content (AvgIpc) is 3.33. The van der Waals surface area contributed by atoms with Crippen LogP contribution in [0.4, 0.5) is 34.5 Å². The zero-order valence-corrected chi connectivity index (χ0v) is 41.4. The van der Waals surface area contributed by atoms with Gasteiger partial charge in [0.15, 0.2) is 0 Å². The monoisotopic (exact) mass is 1070 g/mol. The van der Waals surface area contributed by atoms with Crippen LogP contribution in [0.2, 0.25) is 0 Å². The summed E-state index contributed by atoms with van der Waals surface area (Å²) in [6.07, 6.45) is 4.83. The van der Waals surface area contributed by atoms with E-state index in [0.29, 0.717) is 0 Å². The molecule has 0 fully saturated rings. The van der Waals surface area contributed by atoms with Gasteiger partial charge in [0, 0.05) is 0 Å². The van der Waals surface area contributed by atoms with Crippen LogP contribution in [0, 0.1) is 0 Å². The molecule has 0 aliphatic carbocycles. The number of benzene rings is 8. The van der Waals surface area contributed by atoms with Gasteiger partial charge in [-0.2, -0.15) is 0 Å². The molecule has 67 heavy (non-hydrogen) atoms. The van der Waals surface area contributed by atoms with Gasteiger partial charge in [0.2, 0.25) is 0 Å².